The number of rotatable bonds is 6. The Morgan fingerprint density at radius 2 is 2.00 bits per heavy atom. The molecule has 23 heavy (non-hydrogen) atoms. The van der Waals surface area contributed by atoms with Crippen LogP contribution in [0.2, 0.25) is 0 Å². The molecule has 1 unspecified atom stereocenters. The fourth-order valence-electron chi connectivity index (χ4n) is 2.50. The lowest BCUT2D eigenvalue weighted by Gasteiger charge is -2.20. The minimum Gasteiger partial charge on any atom is -0.463 e. The Morgan fingerprint density at radius 3 is 2.61 bits per heavy atom. The van der Waals surface area contributed by atoms with E-state index in [1.54, 1.807) is 6.92 Å². The maximum atomic E-state index is 12.6. The third kappa shape index (κ3) is 3.62. The molecule has 1 heterocycles. The van der Waals surface area contributed by atoms with Crippen LogP contribution in [0.25, 0.3) is 0 Å². The Labute approximate surface area is 136 Å². The molecule has 0 spiro atoms. The summed E-state index contributed by atoms with van der Waals surface area (Å²) in [5.41, 5.74) is 0.444. The molecule has 5 nitrogen and oxygen atoms in total. The summed E-state index contributed by atoms with van der Waals surface area (Å²) < 4.78 is 4.93. The molecule has 1 aliphatic rings. The van der Waals surface area contributed by atoms with E-state index in [4.69, 9.17) is 9.57 Å². The van der Waals surface area contributed by atoms with Gasteiger partial charge >= 0.3 is 5.97 Å². The first-order valence-electron chi connectivity index (χ1n) is 7.79. The zero-order chi connectivity index (χ0) is 17.0. The minimum absolute atomic E-state index is 0.0875. The highest BCUT2D eigenvalue weighted by Gasteiger charge is 2.49. The summed E-state index contributed by atoms with van der Waals surface area (Å²) in [5.74, 6) is -0.481. The molecule has 2 rings (SSSR count). The number of amides is 1. The Kier molecular flexibility index (Phi) is 5.21. The molecule has 1 fully saturated rings. The van der Waals surface area contributed by atoms with E-state index >= 15 is 0 Å². The Hall–Kier alpha value is -2.14. The van der Waals surface area contributed by atoms with Gasteiger partial charge in [0.25, 0.3) is 5.91 Å². The van der Waals surface area contributed by atoms with E-state index in [0.717, 1.165) is 0 Å². The van der Waals surface area contributed by atoms with Gasteiger partial charge in [-0.05, 0) is 45.7 Å². The third-order valence-corrected chi connectivity index (χ3v) is 4.04. The molecule has 0 radical (unpaired) electrons. The summed E-state index contributed by atoms with van der Waals surface area (Å²) >= 11 is 0. The SMILES string of the molecule is C=C(CCC1ON(c2ccccc2)C(=O)C1(C)C)C(=O)OCC. The third-order valence-electron chi connectivity index (χ3n) is 4.04. The highest BCUT2D eigenvalue weighted by atomic mass is 16.7. The number of hydroxylamine groups is 1. The van der Waals surface area contributed by atoms with Crippen molar-refractivity contribution in [2.75, 3.05) is 11.7 Å². The Balaban J connectivity index is 2.04. The Bertz CT molecular complexity index is 594. The predicted molar refractivity (Wildman–Crippen MR) is 87.6 cm³/mol. The molecule has 1 aliphatic heterocycles. The van der Waals surface area contributed by atoms with Gasteiger partial charge in [0, 0.05) is 5.57 Å². The monoisotopic (exact) mass is 317 g/mol. The van der Waals surface area contributed by atoms with Crippen molar-refractivity contribution in [2.45, 2.75) is 39.7 Å². The number of anilines is 1. The van der Waals surface area contributed by atoms with Crippen molar-refractivity contribution in [3.8, 4) is 0 Å². The van der Waals surface area contributed by atoms with E-state index in [9.17, 15) is 9.59 Å². The largest absolute Gasteiger partial charge is 0.463 e. The predicted octanol–water partition coefficient (Wildman–Crippen LogP) is 3.26. The molecule has 5 heteroatoms. The summed E-state index contributed by atoms with van der Waals surface area (Å²) in [6.45, 7) is 9.54. The summed E-state index contributed by atoms with van der Waals surface area (Å²) in [6.07, 6.45) is 0.643. The summed E-state index contributed by atoms with van der Waals surface area (Å²) in [4.78, 5) is 30.1. The average Bonchev–Trinajstić information content (AvgIpc) is 2.76. The van der Waals surface area contributed by atoms with Crippen LogP contribution in [0.3, 0.4) is 0 Å². The molecule has 0 bridgehead atoms. The molecule has 1 saturated heterocycles. The molecule has 1 amide bonds. The van der Waals surface area contributed by atoms with Crippen LogP contribution in [0.4, 0.5) is 5.69 Å². The number of hydrogen-bond acceptors (Lipinski definition) is 4. The smallest absolute Gasteiger partial charge is 0.333 e. The number of hydrogen-bond donors (Lipinski definition) is 0. The maximum Gasteiger partial charge on any atom is 0.333 e. The molecule has 0 aromatic heterocycles. The standard InChI is InChI=1S/C18H23NO4/c1-5-22-16(20)13(2)11-12-15-18(3,4)17(21)19(23-15)14-9-7-6-8-10-14/h6-10,15H,2,5,11-12H2,1,3-4H3. The second-order valence-corrected chi connectivity index (χ2v) is 6.11. The van der Waals surface area contributed by atoms with Crippen molar-refractivity contribution in [1.82, 2.24) is 0 Å². The molecule has 124 valence electrons. The summed E-state index contributed by atoms with van der Waals surface area (Å²) in [5, 5.41) is 1.35. The second kappa shape index (κ2) is 6.96. The van der Waals surface area contributed by atoms with E-state index in [-0.39, 0.29) is 12.0 Å². The van der Waals surface area contributed by atoms with E-state index in [2.05, 4.69) is 6.58 Å². The van der Waals surface area contributed by atoms with E-state index in [1.165, 1.54) is 5.06 Å². The first-order valence-corrected chi connectivity index (χ1v) is 7.79. The number of carbonyl (C=O) groups is 2. The number of benzene rings is 1. The average molecular weight is 317 g/mol. The normalized spacial score (nSPS) is 19.7. The molecule has 0 N–H and O–H groups in total. The molecule has 1 atom stereocenters. The van der Waals surface area contributed by atoms with Gasteiger partial charge in [0.2, 0.25) is 0 Å². The minimum atomic E-state index is -0.662. The fraction of sp³-hybridized carbons (Fsp3) is 0.444. The number of para-hydroxylation sites is 1. The molecular weight excluding hydrogens is 294 g/mol. The summed E-state index contributed by atoms with van der Waals surface area (Å²) in [7, 11) is 0. The van der Waals surface area contributed by atoms with Gasteiger partial charge in [-0.2, -0.15) is 5.06 Å². The van der Waals surface area contributed by atoms with E-state index in [1.807, 2.05) is 44.2 Å². The first kappa shape index (κ1) is 17.2. The van der Waals surface area contributed by atoms with Gasteiger partial charge in [-0.15, -0.1) is 0 Å². The molecule has 0 saturated carbocycles. The number of esters is 1. The van der Waals surface area contributed by atoms with Crippen LogP contribution < -0.4 is 5.06 Å². The van der Waals surface area contributed by atoms with Crippen molar-refractivity contribution < 1.29 is 19.2 Å². The van der Waals surface area contributed by atoms with Crippen LogP contribution in [0.1, 0.15) is 33.6 Å². The van der Waals surface area contributed by atoms with Crippen LogP contribution in [-0.2, 0) is 19.2 Å². The summed E-state index contributed by atoms with van der Waals surface area (Å²) in [6, 6.07) is 9.25. The van der Waals surface area contributed by atoms with Gasteiger partial charge in [0.1, 0.15) is 6.10 Å². The van der Waals surface area contributed by atoms with Crippen LogP contribution >= 0.6 is 0 Å². The molecule has 1 aromatic carbocycles. The Morgan fingerprint density at radius 1 is 1.35 bits per heavy atom. The van der Waals surface area contributed by atoms with Crippen molar-refractivity contribution in [1.29, 1.82) is 0 Å². The van der Waals surface area contributed by atoms with Crippen molar-refractivity contribution in [3.05, 3.63) is 42.5 Å². The second-order valence-electron chi connectivity index (χ2n) is 6.11. The van der Waals surface area contributed by atoms with Crippen LogP contribution in [0.15, 0.2) is 42.5 Å². The quantitative estimate of drug-likeness (QED) is 0.597. The zero-order valence-corrected chi connectivity index (χ0v) is 13.9. The van der Waals surface area contributed by atoms with Gasteiger partial charge < -0.3 is 4.74 Å². The van der Waals surface area contributed by atoms with Gasteiger partial charge in [-0.1, -0.05) is 24.8 Å². The first-order chi connectivity index (χ1) is 10.9. The van der Waals surface area contributed by atoms with Crippen LogP contribution in [0.5, 0.6) is 0 Å². The van der Waals surface area contributed by atoms with Gasteiger partial charge in [-0.25, -0.2) is 4.79 Å². The van der Waals surface area contributed by atoms with Gasteiger partial charge in [0.05, 0.1) is 17.7 Å². The van der Waals surface area contributed by atoms with E-state index in [0.29, 0.717) is 30.7 Å². The number of nitrogens with zero attached hydrogens (tertiary/aromatic N) is 1. The maximum absolute atomic E-state index is 12.6. The topological polar surface area (TPSA) is 55.8 Å². The lowest BCUT2D eigenvalue weighted by atomic mass is 9.83. The van der Waals surface area contributed by atoms with Gasteiger partial charge in [-0.3, -0.25) is 9.63 Å². The fourth-order valence-corrected chi connectivity index (χ4v) is 2.50. The zero-order valence-electron chi connectivity index (χ0n) is 13.9. The van der Waals surface area contributed by atoms with Crippen molar-refractivity contribution in [3.63, 3.8) is 0 Å². The van der Waals surface area contributed by atoms with Crippen molar-refractivity contribution >= 4 is 17.6 Å². The highest BCUT2D eigenvalue weighted by Crippen LogP contribution is 2.39. The van der Waals surface area contributed by atoms with Gasteiger partial charge in [0.15, 0.2) is 0 Å². The highest BCUT2D eigenvalue weighted by molar-refractivity contribution is 5.97. The van der Waals surface area contributed by atoms with E-state index < -0.39 is 11.4 Å². The van der Waals surface area contributed by atoms with Crippen LogP contribution in [-0.4, -0.2) is 24.6 Å². The molecule has 0 aliphatic carbocycles. The molecular formula is C18H23NO4. The molecule has 1 aromatic rings. The number of ether oxygens (including phenoxy) is 1. The lowest BCUT2D eigenvalue weighted by molar-refractivity contribution is -0.138. The lowest BCUT2D eigenvalue weighted by Crippen LogP contribution is -2.33. The van der Waals surface area contributed by atoms with Crippen molar-refractivity contribution in [2.24, 2.45) is 5.41 Å². The van der Waals surface area contributed by atoms with Crippen LogP contribution in [0, 0.1) is 5.41 Å². The number of carbonyl (C=O) groups excluding carboxylic acids is 2.